The SMILES string of the molecule is COc1ccc(-c2nc(C(=O)N3CCN(C(=O)c4ccccn4)CC3)c([C@H](C)N)o2)c2ccc(C(F)(F)F)nc12. The number of aromatic nitrogens is 3. The fraction of sp³-hybridized carbons (Fsp3) is 0.296. The summed E-state index contributed by atoms with van der Waals surface area (Å²) in [6.07, 6.45) is -3.10. The maximum Gasteiger partial charge on any atom is 0.433 e. The molecule has 0 spiro atoms. The zero-order chi connectivity index (χ0) is 28.6. The van der Waals surface area contributed by atoms with E-state index in [1.807, 2.05) is 0 Å². The first-order valence-electron chi connectivity index (χ1n) is 12.4. The van der Waals surface area contributed by atoms with Gasteiger partial charge in [-0.15, -0.1) is 0 Å². The molecule has 0 bridgehead atoms. The molecule has 1 atom stereocenters. The topological polar surface area (TPSA) is 128 Å². The lowest BCUT2D eigenvalue weighted by Gasteiger charge is -2.34. The first kappa shape index (κ1) is 27.1. The molecular formula is C27H25F3N6O4. The lowest BCUT2D eigenvalue weighted by Crippen LogP contribution is -2.51. The van der Waals surface area contributed by atoms with Crippen LogP contribution in [0.1, 0.15) is 45.4 Å². The molecule has 0 radical (unpaired) electrons. The number of benzene rings is 1. The number of ether oxygens (including phenoxy) is 1. The molecule has 10 nitrogen and oxygen atoms in total. The maximum atomic E-state index is 13.5. The molecular weight excluding hydrogens is 529 g/mol. The maximum absolute atomic E-state index is 13.5. The summed E-state index contributed by atoms with van der Waals surface area (Å²) in [5, 5.41) is 0.297. The van der Waals surface area contributed by atoms with Crippen LogP contribution in [0.3, 0.4) is 0 Å². The molecule has 4 aromatic rings. The normalized spacial score (nSPS) is 14.8. The van der Waals surface area contributed by atoms with Crippen LogP contribution in [-0.2, 0) is 6.18 Å². The molecule has 13 heteroatoms. The van der Waals surface area contributed by atoms with Crippen LogP contribution in [0.2, 0.25) is 0 Å². The molecule has 1 aliphatic rings. The van der Waals surface area contributed by atoms with Crippen molar-refractivity contribution in [1.29, 1.82) is 0 Å². The Bertz CT molecular complexity index is 1560. The number of pyridine rings is 2. The summed E-state index contributed by atoms with van der Waals surface area (Å²) in [7, 11) is 1.33. The molecule has 2 amide bonds. The molecule has 3 aromatic heterocycles. The van der Waals surface area contributed by atoms with Gasteiger partial charge in [0, 0.05) is 43.3 Å². The molecule has 1 aliphatic heterocycles. The summed E-state index contributed by atoms with van der Waals surface area (Å²) < 4.78 is 51.1. The predicted molar refractivity (Wildman–Crippen MR) is 137 cm³/mol. The highest BCUT2D eigenvalue weighted by Crippen LogP contribution is 2.37. The number of carbonyl (C=O) groups excluding carboxylic acids is 2. The zero-order valence-corrected chi connectivity index (χ0v) is 21.6. The minimum Gasteiger partial charge on any atom is -0.494 e. The van der Waals surface area contributed by atoms with E-state index in [-0.39, 0.29) is 47.6 Å². The van der Waals surface area contributed by atoms with Crippen molar-refractivity contribution >= 4 is 22.7 Å². The van der Waals surface area contributed by atoms with Crippen molar-refractivity contribution in [3.63, 3.8) is 0 Å². The average molecular weight is 555 g/mol. The summed E-state index contributed by atoms with van der Waals surface area (Å²) in [6, 6.07) is 9.54. The van der Waals surface area contributed by atoms with Gasteiger partial charge in [-0.1, -0.05) is 6.07 Å². The molecule has 0 saturated carbocycles. The Morgan fingerprint density at radius 2 is 1.70 bits per heavy atom. The Morgan fingerprint density at radius 3 is 2.30 bits per heavy atom. The van der Waals surface area contributed by atoms with Crippen molar-refractivity contribution in [2.75, 3.05) is 33.3 Å². The molecule has 1 fully saturated rings. The zero-order valence-electron chi connectivity index (χ0n) is 21.6. The number of alkyl halides is 3. The Morgan fingerprint density at radius 1 is 1.00 bits per heavy atom. The molecule has 208 valence electrons. The van der Waals surface area contributed by atoms with Gasteiger partial charge in [0.25, 0.3) is 11.8 Å². The number of nitrogens with two attached hydrogens (primary N) is 1. The van der Waals surface area contributed by atoms with Crippen LogP contribution in [0.5, 0.6) is 5.75 Å². The van der Waals surface area contributed by atoms with E-state index in [0.29, 0.717) is 29.7 Å². The summed E-state index contributed by atoms with van der Waals surface area (Å²) in [4.78, 5) is 41.7. The number of nitrogens with zero attached hydrogens (tertiary/aromatic N) is 5. The average Bonchev–Trinajstić information content (AvgIpc) is 3.41. The lowest BCUT2D eigenvalue weighted by molar-refractivity contribution is -0.140. The Kier molecular flexibility index (Phi) is 7.15. The standard InChI is InChI=1S/C27H25F3N6O4/c1-15(31)23-22(26(38)36-13-11-35(12-14-36)25(37)18-5-3-4-10-32-18)34-24(40-23)17-6-8-19(39-2)21-16(17)7-9-20(33-21)27(28,29)30/h3-10,15H,11-14,31H2,1-2H3/t15-/m0/s1. The minimum atomic E-state index is -4.65. The number of oxazole rings is 1. The van der Waals surface area contributed by atoms with Crippen molar-refractivity contribution in [3.05, 3.63) is 71.5 Å². The van der Waals surface area contributed by atoms with Gasteiger partial charge in [0.2, 0.25) is 5.89 Å². The molecule has 5 rings (SSSR count). The van der Waals surface area contributed by atoms with E-state index in [0.717, 1.165) is 6.07 Å². The number of carbonyl (C=O) groups is 2. The van der Waals surface area contributed by atoms with Crippen LogP contribution in [0.15, 0.2) is 53.1 Å². The molecule has 2 N–H and O–H groups in total. The number of fused-ring (bicyclic) bond motifs is 1. The van der Waals surface area contributed by atoms with Crippen LogP contribution < -0.4 is 10.5 Å². The van der Waals surface area contributed by atoms with E-state index < -0.39 is 23.8 Å². The Balaban J connectivity index is 1.44. The van der Waals surface area contributed by atoms with E-state index >= 15 is 0 Å². The highest BCUT2D eigenvalue weighted by Gasteiger charge is 2.34. The number of hydrogen-bond donors (Lipinski definition) is 1. The summed E-state index contributed by atoms with van der Waals surface area (Å²) in [6.45, 7) is 2.75. The van der Waals surface area contributed by atoms with E-state index in [9.17, 15) is 22.8 Å². The fourth-order valence-electron chi connectivity index (χ4n) is 4.52. The third kappa shape index (κ3) is 5.07. The van der Waals surface area contributed by atoms with Crippen molar-refractivity contribution in [1.82, 2.24) is 24.8 Å². The first-order chi connectivity index (χ1) is 19.1. The second-order valence-corrected chi connectivity index (χ2v) is 9.23. The minimum absolute atomic E-state index is 0.00154. The van der Waals surface area contributed by atoms with Gasteiger partial charge in [0.1, 0.15) is 22.7 Å². The number of rotatable bonds is 5. The molecule has 40 heavy (non-hydrogen) atoms. The van der Waals surface area contributed by atoms with Gasteiger partial charge in [0.15, 0.2) is 11.5 Å². The Labute approximate surface area is 226 Å². The summed E-state index contributed by atoms with van der Waals surface area (Å²) in [5.74, 6) is -0.369. The van der Waals surface area contributed by atoms with E-state index in [2.05, 4.69) is 15.0 Å². The van der Waals surface area contributed by atoms with Gasteiger partial charge in [-0.05, 0) is 43.3 Å². The fourth-order valence-corrected chi connectivity index (χ4v) is 4.52. The van der Waals surface area contributed by atoms with Crippen molar-refractivity contribution in [2.24, 2.45) is 5.73 Å². The van der Waals surface area contributed by atoms with Crippen LogP contribution in [0.4, 0.5) is 13.2 Å². The van der Waals surface area contributed by atoms with Gasteiger partial charge in [-0.2, -0.15) is 13.2 Å². The van der Waals surface area contributed by atoms with Crippen LogP contribution in [-0.4, -0.2) is 69.9 Å². The number of hydrogen-bond acceptors (Lipinski definition) is 8. The summed E-state index contributed by atoms with van der Waals surface area (Å²) >= 11 is 0. The highest BCUT2D eigenvalue weighted by atomic mass is 19.4. The first-order valence-corrected chi connectivity index (χ1v) is 12.4. The predicted octanol–water partition coefficient (Wildman–Crippen LogP) is 3.93. The van der Waals surface area contributed by atoms with Gasteiger partial charge in [0.05, 0.1) is 13.2 Å². The van der Waals surface area contributed by atoms with Crippen molar-refractivity contribution < 1.29 is 31.9 Å². The van der Waals surface area contributed by atoms with Gasteiger partial charge >= 0.3 is 6.18 Å². The van der Waals surface area contributed by atoms with E-state index in [1.54, 1.807) is 47.2 Å². The third-order valence-electron chi connectivity index (χ3n) is 6.57. The van der Waals surface area contributed by atoms with Gasteiger partial charge in [-0.3, -0.25) is 14.6 Å². The molecule has 0 unspecified atom stereocenters. The monoisotopic (exact) mass is 554 g/mol. The molecule has 1 aromatic carbocycles. The number of amides is 2. The lowest BCUT2D eigenvalue weighted by atomic mass is 10.1. The van der Waals surface area contributed by atoms with Crippen LogP contribution in [0, 0.1) is 0 Å². The molecule has 4 heterocycles. The van der Waals surface area contributed by atoms with Gasteiger partial charge < -0.3 is 24.7 Å². The van der Waals surface area contributed by atoms with E-state index in [1.165, 1.54) is 19.2 Å². The van der Waals surface area contributed by atoms with Crippen LogP contribution in [0.25, 0.3) is 22.4 Å². The van der Waals surface area contributed by atoms with Gasteiger partial charge in [-0.25, -0.2) is 9.97 Å². The second-order valence-electron chi connectivity index (χ2n) is 9.23. The molecule has 1 saturated heterocycles. The number of piperazine rings is 1. The number of halogens is 3. The van der Waals surface area contributed by atoms with Crippen molar-refractivity contribution in [3.8, 4) is 17.2 Å². The van der Waals surface area contributed by atoms with E-state index in [4.69, 9.17) is 14.9 Å². The smallest absolute Gasteiger partial charge is 0.433 e. The second kappa shape index (κ2) is 10.6. The molecule has 0 aliphatic carbocycles. The largest absolute Gasteiger partial charge is 0.494 e. The number of methoxy groups -OCH3 is 1. The van der Waals surface area contributed by atoms with Crippen molar-refractivity contribution in [2.45, 2.75) is 19.1 Å². The summed E-state index contributed by atoms with van der Waals surface area (Å²) in [5.41, 5.74) is 5.65. The Hall–Kier alpha value is -4.52. The third-order valence-corrected chi connectivity index (χ3v) is 6.57. The highest BCUT2D eigenvalue weighted by molar-refractivity contribution is 5.98. The van der Waals surface area contributed by atoms with Crippen LogP contribution >= 0.6 is 0 Å². The quantitative estimate of drug-likeness (QED) is 0.393.